The van der Waals surface area contributed by atoms with E-state index in [1.165, 1.54) is 12.2 Å². The number of ketones is 1. The third kappa shape index (κ3) is 4.75. The molecule has 0 aromatic heterocycles. The van der Waals surface area contributed by atoms with E-state index in [0.717, 1.165) is 5.57 Å². The monoisotopic (exact) mass is 122 g/mol. The maximum absolute atomic E-state index is 10.5. The highest BCUT2D eigenvalue weighted by Gasteiger charge is 1.82. The maximum Gasteiger partial charge on any atom is 0.178 e. The van der Waals surface area contributed by atoms with Crippen LogP contribution in [0.5, 0.6) is 0 Å². The Labute approximate surface area is 55.4 Å². The summed E-state index contributed by atoms with van der Waals surface area (Å²) >= 11 is 0. The second kappa shape index (κ2) is 3.84. The Hall–Kier alpha value is -1.11. The molecule has 0 aliphatic rings. The lowest BCUT2D eigenvalue weighted by atomic mass is 10.3. The second-order valence-electron chi connectivity index (χ2n) is 1.79. The van der Waals surface area contributed by atoms with Crippen LogP contribution < -0.4 is 0 Å². The van der Waals surface area contributed by atoms with Crippen molar-refractivity contribution in [2.45, 2.75) is 6.92 Å². The minimum Gasteiger partial charge on any atom is -0.290 e. The molecule has 0 heterocycles. The topological polar surface area (TPSA) is 17.1 Å². The van der Waals surface area contributed by atoms with Crippen LogP contribution in [-0.2, 0) is 4.79 Å². The van der Waals surface area contributed by atoms with E-state index < -0.39 is 0 Å². The highest BCUT2D eigenvalue weighted by atomic mass is 16.1. The molecule has 48 valence electrons. The molecule has 0 fully saturated rings. The molecular formula is C8H10O. The second-order valence-corrected chi connectivity index (χ2v) is 1.79. The van der Waals surface area contributed by atoms with Crippen LogP contribution in [0, 0.1) is 0 Å². The molecule has 0 N–H and O–H groups in total. The predicted molar refractivity (Wildman–Crippen MR) is 39.2 cm³/mol. The Kier molecular flexibility index (Phi) is 3.37. The first-order valence-corrected chi connectivity index (χ1v) is 2.67. The largest absolute Gasteiger partial charge is 0.290 e. The van der Waals surface area contributed by atoms with Crippen LogP contribution in [0.15, 0.2) is 37.0 Å². The molecule has 0 saturated heterocycles. The van der Waals surface area contributed by atoms with Gasteiger partial charge in [0.15, 0.2) is 5.78 Å². The van der Waals surface area contributed by atoms with Gasteiger partial charge in [-0.2, -0.15) is 0 Å². The fraction of sp³-hybridized carbons (Fsp3) is 0.125. The summed E-state index contributed by atoms with van der Waals surface area (Å²) in [6.07, 6.45) is 4.36. The molecular weight excluding hydrogens is 112 g/mol. The summed E-state index contributed by atoms with van der Waals surface area (Å²) in [7, 11) is 0. The van der Waals surface area contributed by atoms with Gasteiger partial charge >= 0.3 is 0 Å². The zero-order valence-electron chi connectivity index (χ0n) is 5.55. The lowest BCUT2D eigenvalue weighted by molar-refractivity contribution is -0.110. The van der Waals surface area contributed by atoms with Crippen molar-refractivity contribution in [2.24, 2.45) is 0 Å². The standard InChI is InChI=1S/C8H10O/c1-4-8(9)6-5-7(2)3/h4-6H,1-2H2,3H3. The molecule has 1 nitrogen and oxygen atoms in total. The number of carbonyl (C=O) groups excluding carboxylic acids is 1. The van der Waals surface area contributed by atoms with Crippen molar-refractivity contribution in [1.29, 1.82) is 0 Å². The van der Waals surface area contributed by atoms with Gasteiger partial charge in [-0.3, -0.25) is 4.79 Å². The van der Waals surface area contributed by atoms with Gasteiger partial charge in [0.1, 0.15) is 0 Å². The third-order valence-electron chi connectivity index (χ3n) is 0.733. The van der Waals surface area contributed by atoms with Crippen LogP contribution in [0.1, 0.15) is 6.92 Å². The first-order valence-electron chi connectivity index (χ1n) is 2.67. The number of hydrogen-bond acceptors (Lipinski definition) is 1. The van der Waals surface area contributed by atoms with E-state index in [4.69, 9.17) is 0 Å². The first-order chi connectivity index (χ1) is 4.16. The summed E-state index contributed by atoms with van der Waals surface area (Å²) in [6, 6.07) is 0. The van der Waals surface area contributed by atoms with Gasteiger partial charge in [-0.05, 0) is 19.1 Å². The smallest absolute Gasteiger partial charge is 0.178 e. The predicted octanol–water partition coefficient (Wildman–Crippen LogP) is 1.87. The van der Waals surface area contributed by atoms with Crippen molar-refractivity contribution in [2.75, 3.05) is 0 Å². The molecule has 1 heteroatoms. The lowest BCUT2D eigenvalue weighted by Crippen LogP contribution is -1.81. The minimum atomic E-state index is -0.0852. The average Bonchev–Trinajstić information content (AvgIpc) is 1.83. The Balaban J connectivity index is 3.85. The number of hydrogen-bond donors (Lipinski definition) is 0. The van der Waals surface area contributed by atoms with Crippen molar-refractivity contribution in [1.82, 2.24) is 0 Å². The normalized spacial score (nSPS) is 9.44. The minimum absolute atomic E-state index is 0.0852. The van der Waals surface area contributed by atoms with Gasteiger partial charge < -0.3 is 0 Å². The van der Waals surface area contributed by atoms with E-state index in [1.54, 1.807) is 6.08 Å². The summed E-state index contributed by atoms with van der Waals surface area (Å²) in [5.41, 5.74) is 0.866. The molecule has 0 rings (SSSR count). The van der Waals surface area contributed by atoms with E-state index >= 15 is 0 Å². The van der Waals surface area contributed by atoms with Crippen LogP contribution in [0.2, 0.25) is 0 Å². The quantitative estimate of drug-likeness (QED) is 0.412. The van der Waals surface area contributed by atoms with E-state index in [2.05, 4.69) is 13.2 Å². The number of allylic oxidation sites excluding steroid dienone is 4. The van der Waals surface area contributed by atoms with Gasteiger partial charge in [-0.25, -0.2) is 0 Å². The summed E-state index contributed by atoms with van der Waals surface area (Å²) in [5.74, 6) is -0.0852. The highest BCUT2D eigenvalue weighted by molar-refractivity contribution is 5.98. The van der Waals surface area contributed by atoms with E-state index in [0.29, 0.717) is 0 Å². The Morgan fingerprint density at radius 1 is 1.44 bits per heavy atom. The average molecular weight is 122 g/mol. The first kappa shape index (κ1) is 7.89. The van der Waals surface area contributed by atoms with Gasteiger partial charge in [-0.15, -0.1) is 0 Å². The Bertz CT molecular complexity index is 163. The van der Waals surface area contributed by atoms with Gasteiger partial charge in [-0.1, -0.05) is 24.8 Å². The van der Waals surface area contributed by atoms with E-state index in [1.807, 2.05) is 6.92 Å². The van der Waals surface area contributed by atoms with Crippen molar-refractivity contribution in [3.05, 3.63) is 37.0 Å². The molecule has 9 heavy (non-hydrogen) atoms. The summed E-state index contributed by atoms with van der Waals surface area (Å²) in [6.45, 7) is 8.72. The van der Waals surface area contributed by atoms with Crippen LogP contribution in [-0.4, -0.2) is 5.78 Å². The zero-order chi connectivity index (χ0) is 7.28. The van der Waals surface area contributed by atoms with E-state index in [9.17, 15) is 4.79 Å². The number of carbonyl (C=O) groups is 1. The summed E-state index contributed by atoms with van der Waals surface area (Å²) < 4.78 is 0. The Morgan fingerprint density at radius 3 is 2.33 bits per heavy atom. The summed E-state index contributed by atoms with van der Waals surface area (Å²) in [4.78, 5) is 10.5. The molecule has 0 aliphatic carbocycles. The lowest BCUT2D eigenvalue weighted by Gasteiger charge is -1.81. The third-order valence-corrected chi connectivity index (χ3v) is 0.733. The zero-order valence-corrected chi connectivity index (χ0v) is 5.55. The Morgan fingerprint density at radius 2 is 2.00 bits per heavy atom. The van der Waals surface area contributed by atoms with Crippen molar-refractivity contribution < 1.29 is 4.79 Å². The van der Waals surface area contributed by atoms with Gasteiger partial charge in [0, 0.05) is 0 Å². The number of rotatable bonds is 3. The fourth-order valence-electron chi connectivity index (χ4n) is 0.292. The van der Waals surface area contributed by atoms with Gasteiger partial charge in [0.25, 0.3) is 0 Å². The molecule has 0 amide bonds. The van der Waals surface area contributed by atoms with Crippen LogP contribution >= 0.6 is 0 Å². The van der Waals surface area contributed by atoms with Crippen LogP contribution in [0.3, 0.4) is 0 Å². The van der Waals surface area contributed by atoms with Crippen LogP contribution in [0.25, 0.3) is 0 Å². The van der Waals surface area contributed by atoms with Crippen molar-refractivity contribution >= 4 is 5.78 Å². The van der Waals surface area contributed by atoms with Gasteiger partial charge in [0.2, 0.25) is 0 Å². The molecule has 0 spiro atoms. The van der Waals surface area contributed by atoms with Crippen LogP contribution in [0.4, 0.5) is 0 Å². The van der Waals surface area contributed by atoms with Crippen molar-refractivity contribution in [3.63, 3.8) is 0 Å². The molecule has 0 aromatic rings. The van der Waals surface area contributed by atoms with E-state index in [-0.39, 0.29) is 5.78 Å². The molecule has 0 saturated carbocycles. The molecule has 0 unspecified atom stereocenters. The molecule has 0 radical (unpaired) electrons. The molecule has 0 aliphatic heterocycles. The molecule has 0 atom stereocenters. The SMILES string of the molecule is C=CC(=O)C=CC(=C)C. The van der Waals surface area contributed by atoms with Crippen molar-refractivity contribution in [3.8, 4) is 0 Å². The molecule has 0 bridgehead atoms. The molecule has 0 aromatic carbocycles. The summed E-state index contributed by atoms with van der Waals surface area (Å²) in [5, 5.41) is 0. The highest BCUT2D eigenvalue weighted by Crippen LogP contribution is 1.88. The maximum atomic E-state index is 10.5. The fourth-order valence-corrected chi connectivity index (χ4v) is 0.292. The van der Waals surface area contributed by atoms with Gasteiger partial charge in [0.05, 0.1) is 0 Å².